The van der Waals surface area contributed by atoms with Crippen LogP contribution in [0.5, 0.6) is 0 Å². The Labute approximate surface area is 62.8 Å². The van der Waals surface area contributed by atoms with E-state index < -0.39 is 4.84 Å². The summed E-state index contributed by atoms with van der Waals surface area (Å²) in [6.07, 6.45) is 0. The summed E-state index contributed by atoms with van der Waals surface area (Å²) >= 11 is 20.1. The highest BCUT2D eigenvalue weighted by Gasteiger charge is 2.00. The molecule has 0 saturated carbocycles. The van der Waals surface area contributed by atoms with E-state index in [1.165, 1.54) is 5.41 Å². The van der Waals surface area contributed by atoms with E-state index in [-0.39, 0.29) is 0 Å². The Morgan fingerprint density at radius 1 is 1.57 bits per heavy atom. The Hall–Kier alpha value is 0.830. The fourth-order valence-electron chi connectivity index (χ4n) is 0.0514. The lowest BCUT2D eigenvalue weighted by molar-refractivity contribution is 1.57. The van der Waals surface area contributed by atoms with Gasteiger partial charge in [0, 0.05) is 5.41 Å². The summed E-state index contributed by atoms with van der Waals surface area (Å²) in [6.45, 7) is 0. The van der Waals surface area contributed by atoms with Gasteiger partial charge in [0.05, 0.1) is 5.03 Å². The highest BCUT2D eigenvalue weighted by molar-refractivity contribution is 7.83. The third kappa shape index (κ3) is 3.42. The van der Waals surface area contributed by atoms with Crippen molar-refractivity contribution in [3.63, 3.8) is 0 Å². The predicted octanol–water partition coefficient (Wildman–Crippen LogP) is 3.07. The van der Waals surface area contributed by atoms with Crippen LogP contribution in [-0.2, 0) is 0 Å². The normalized spacial score (nSPS) is 12.9. The van der Waals surface area contributed by atoms with Crippen molar-refractivity contribution in [2.75, 3.05) is 0 Å². The second kappa shape index (κ2) is 3.79. The van der Waals surface area contributed by atoms with Gasteiger partial charge in [-0.2, -0.15) is 0 Å². The lowest BCUT2D eigenvalue weighted by atomic mass is 10.7. The largest absolute Gasteiger partial charge is 0.144 e. The summed E-state index contributed by atoms with van der Waals surface area (Å²) in [5.74, 6) is 0. The van der Waals surface area contributed by atoms with Crippen molar-refractivity contribution < 1.29 is 0 Å². The molecule has 0 atom stereocenters. The number of alkyl halides is 2. The van der Waals surface area contributed by atoms with E-state index in [0.29, 0.717) is 5.03 Å². The van der Waals surface area contributed by atoms with Gasteiger partial charge in [0.2, 0.25) is 0 Å². The summed E-state index contributed by atoms with van der Waals surface area (Å²) in [5, 5.41) is 1.53. The minimum atomic E-state index is -0.667. The van der Waals surface area contributed by atoms with Crippen LogP contribution >= 0.6 is 47.4 Å². The van der Waals surface area contributed by atoms with Crippen LogP contribution in [-0.4, -0.2) is 4.84 Å². The van der Waals surface area contributed by atoms with E-state index in [0.717, 1.165) is 0 Å². The molecule has 0 aliphatic rings. The molecule has 0 rings (SSSR count). The average Bonchev–Trinajstić information content (AvgIpc) is 1.65. The van der Waals surface area contributed by atoms with Crippen LogP contribution in [0.15, 0.2) is 10.4 Å². The molecule has 0 nitrogen and oxygen atoms in total. The van der Waals surface area contributed by atoms with Crippen molar-refractivity contribution >= 4 is 47.4 Å². The van der Waals surface area contributed by atoms with Crippen LogP contribution in [0.1, 0.15) is 0 Å². The van der Waals surface area contributed by atoms with Gasteiger partial charge in [-0.1, -0.05) is 47.4 Å². The Kier molecular flexibility index (Phi) is 4.24. The van der Waals surface area contributed by atoms with Crippen molar-refractivity contribution in [1.29, 1.82) is 0 Å². The Bertz CT molecular complexity index is 78.2. The summed E-state index contributed by atoms with van der Waals surface area (Å²) in [6, 6.07) is 0. The SMILES string of the molecule is [S]/C=C(/Cl)C(Cl)Cl. The standard InChI is InChI=1S/C3H2Cl3S/c4-2(1-7)3(5)6/h1,3H/b2-1+. The Morgan fingerprint density at radius 2 is 2.00 bits per heavy atom. The molecule has 1 radical (unpaired) electrons. The lowest BCUT2D eigenvalue weighted by Gasteiger charge is -1.91. The van der Waals surface area contributed by atoms with Gasteiger partial charge in [-0.15, -0.1) is 0 Å². The number of hydrogen-bond acceptors (Lipinski definition) is 0. The predicted molar refractivity (Wildman–Crippen MR) is 37.0 cm³/mol. The summed E-state index contributed by atoms with van der Waals surface area (Å²) < 4.78 is 0. The number of rotatable bonds is 1. The van der Waals surface area contributed by atoms with Crippen molar-refractivity contribution in [2.45, 2.75) is 4.84 Å². The first-order valence-corrected chi connectivity index (χ1v) is 3.16. The molecule has 0 aromatic carbocycles. The molecule has 0 unspecified atom stereocenters. The van der Waals surface area contributed by atoms with Crippen LogP contribution in [0.2, 0.25) is 0 Å². The van der Waals surface area contributed by atoms with E-state index in [4.69, 9.17) is 34.8 Å². The van der Waals surface area contributed by atoms with Crippen LogP contribution in [0.25, 0.3) is 0 Å². The van der Waals surface area contributed by atoms with Crippen LogP contribution < -0.4 is 0 Å². The van der Waals surface area contributed by atoms with Gasteiger partial charge in [-0.3, -0.25) is 0 Å². The van der Waals surface area contributed by atoms with E-state index in [1.807, 2.05) is 0 Å². The topological polar surface area (TPSA) is 0 Å². The molecule has 0 aliphatic heterocycles. The van der Waals surface area contributed by atoms with Gasteiger partial charge in [0.1, 0.15) is 4.84 Å². The molecule has 41 valence electrons. The van der Waals surface area contributed by atoms with E-state index in [1.54, 1.807) is 0 Å². The van der Waals surface area contributed by atoms with Crippen molar-refractivity contribution in [3.05, 3.63) is 10.4 Å². The average molecular weight is 176 g/mol. The van der Waals surface area contributed by atoms with Gasteiger partial charge in [-0.25, -0.2) is 0 Å². The summed E-state index contributed by atoms with van der Waals surface area (Å²) in [4.78, 5) is -0.667. The third-order valence-electron chi connectivity index (χ3n) is 0.321. The number of allylic oxidation sites excluding steroid dienone is 1. The molecular weight excluding hydrogens is 174 g/mol. The van der Waals surface area contributed by atoms with Crippen LogP contribution in [0, 0.1) is 0 Å². The minimum Gasteiger partial charge on any atom is -0.0990 e. The molecule has 4 heteroatoms. The quantitative estimate of drug-likeness (QED) is 0.539. The minimum absolute atomic E-state index is 0.290. The van der Waals surface area contributed by atoms with Gasteiger partial charge >= 0.3 is 0 Å². The van der Waals surface area contributed by atoms with Gasteiger partial charge < -0.3 is 0 Å². The Balaban J connectivity index is 3.56. The zero-order valence-electron chi connectivity index (χ0n) is 3.20. The molecule has 0 saturated heterocycles. The zero-order chi connectivity index (χ0) is 5.86. The van der Waals surface area contributed by atoms with Gasteiger partial charge in [-0.05, 0) is 0 Å². The third-order valence-corrected chi connectivity index (χ3v) is 1.73. The molecule has 0 aliphatic carbocycles. The maximum atomic E-state index is 5.29. The molecule has 0 N–H and O–H groups in total. The number of halogens is 3. The molecule has 7 heavy (non-hydrogen) atoms. The monoisotopic (exact) mass is 175 g/mol. The molecule has 0 aromatic rings. The van der Waals surface area contributed by atoms with Crippen LogP contribution in [0.4, 0.5) is 0 Å². The van der Waals surface area contributed by atoms with Gasteiger partial charge in [0.25, 0.3) is 0 Å². The highest BCUT2D eigenvalue weighted by Crippen LogP contribution is 2.17. The molecule has 0 aromatic heterocycles. The summed E-state index contributed by atoms with van der Waals surface area (Å²) in [7, 11) is 0. The van der Waals surface area contributed by atoms with Crippen molar-refractivity contribution in [2.24, 2.45) is 0 Å². The zero-order valence-corrected chi connectivity index (χ0v) is 6.28. The molecule has 0 heterocycles. The van der Waals surface area contributed by atoms with Crippen molar-refractivity contribution in [3.8, 4) is 0 Å². The second-order valence-corrected chi connectivity index (χ2v) is 2.57. The maximum absolute atomic E-state index is 5.29. The smallest absolute Gasteiger partial charge is 0.0990 e. The first-order chi connectivity index (χ1) is 3.18. The van der Waals surface area contributed by atoms with E-state index in [9.17, 15) is 0 Å². The first-order valence-electron chi connectivity index (χ1n) is 1.44. The molecule has 0 amide bonds. The van der Waals surface area contributed by atoms with E-state index >= 15 is 0 Å². The van der Waals surface area contributed by atoms with Crippen LogP contribution in [0.3, 0.4) is 0 Å². The molecular formula is C3H2Cl3S. The first kappa shape index (κ1) is 7.83. The maximum Gasteiger partial charge on any atom is 0.144 e. The number of hydrogen-bond donors (Lipinski definition) is 0. The lowest BCUT2D eigenvalue weighted by Crippen LogP contribution is -1.81. The summed E-state index contributed by atoms with van der Waals surface area (Å²) in [5.41, 5.74) is 0. The van der Waals surface area contributed by atoms with Crippen molar-refractivity contribution in [1.82, 2.24) is 0 Å². The Morgan fingerprint density at radius 3 is 2.00 bits per heavy atom. The van der Waals surface area contributed by atoms with E-state index in [2.05, 4.69) is 12.6 Å². The second-order valence-electron chi connectivity index (χ2n) is 0.803. The molecule has 0 spiro atoms. The fraction of sp³-hybridized carbons (Fsp3) is 0.333. The fourth-order valence-corrected chi connectivity index (χ4v) is 0.463. The van der Waals surface area contributed by atoms with Gasteiger partial charge in [0.15, 0.2) is 0 Å². The highest BCUT2D eigenvalue weighted by atomic mass is 35.5. The molecule has 0 fully saturated rings. The molecule has 0 bridgehead atoms.